The number of rotatable bonds is 4. The fraction of sp³-hybridized carbons (Fsp3) is 0.357. The second-order valence-corrected chi connectivity index (χ2v) is 4.17. The first-order chi connectivity index (χ1) is 7.79. The average Bonchev–Trinajstić information content (AvgIpc) is 2.61. The maximum Gasteiger partial charge on any atom is 0.0662 e. The molecule has 0 amide bonds. The van der Waals surface area contributed by atoms with E-state index in [1.165, 1.54) is 17.0 Å². The van der Waals surface area contributed by atoms with Crippen LogP contribution in [0.3, 0.4) is 0 Å². The lowest BCUT2D eigenvalue weighted by atomic mass is 10.2. The molecule has 2 aromatic rings. The summed E-state index contributed by atoms with van der Waals surface area (Å²) in [5.74, 6) is 0. The molecule has 2 rings (SSSR count). The fourth-order valence-corrected chi connectivity index (χ4v) is 1.87. The van der Waals surface area contributed by atoms with Crippen molar-refractivity contribution < 1.29 is 0 Å². The Bertz CT molecular complexity index is 443. The molecule has 2 heteroatoms. The van der Waals surface area contributed by atoms with E-state index in [0.717, 1.165) is 19.4 Å². The normalized spacial score (nSPS) is 10.6. The van der Waals surface area contributed by atoms with Gasteiger partial charge in [0, 0.05) is 5.69 Å². The van der Waals surface area contributed by atoms with Gasteiger partial charge in [0.05, 0.1) is 12.2 Å². The molecule has 1 heterocycles. The summed E-state index contributed by atoms with van der Waals surface area (Å²) in [6, 6.07) is 12.7. The Morgan fingerprint density at radius 3 is 2.62 bits per heavy atom. The Morgan fingerprint density at radius 1 is 1.19 bits per heavy atom. The van der Waals surface area contributed by atoms with E-state index in [1.807, 2.05) is 6.07 Å². The highest BCUT2D eigenvalue weighted by Crippen LogP contribution is 2.08. The number of aryl methyl sites for hydroxylation is 2. The smallest absolute Gasteiger partial charge is 0.0662 e. The van der Waals surface area contributed by atoms with Gasteiger partial charge in [0.15, 0.2) is 0 Å². The van der Waals surface area contributed by atoms with E-state index >= 15 is 0 Å². The highest BCUT2D eigenvalue weighted by molar-refractivity contribution is 5.17. The van der Waals surface area contributed by atoms with Crippen LogP contribution in [0.25, 0.3) is 0 Å². The summed E-state index contributed by atoms with van der Waals surface area (Å²) in [5.41, 5.74) is 3.75. The van der Waals surface area contributed by atoms with Gasteiger partial charge in [-0.3, -0.25) is 4.68 Å². The summed E-state index contributed by atoms with van der Waals surface area (Å²) in [6.07, 6.45) is 2.23. The van der Waals surface area contributed by atoms with E-state index < -0.39 is 0 Å². The van der Waals surface area contributed by atoms with Crippen LogP contribution in [0.1, 0.15) is 30.3 Å². The van der Waals surface area contributed by atoms with E-state index in [2.05, 4.69) is 54.0 Å². The lowest BCUT2D eigenvalue weighted by molar-refractivity contribution is 0.650. The Hall–Kier alpha value is -1.57. The molecule has 84 valence electrons. The highest BCUT2D eigenvalue weighted by atomic mass is 15.3. The van der Waals surface area contributed by atoms with Gasteiger partial charge in [0.25, 0.3) is 0 Å². The number of hydrogen-bond donors (Lipinski definition) is 0. The summed E-state index contributed by atoms with van der Waals surface area (Å²) >= 11 is 0. The van der Waals surface area contributed by atoms with Crippen LogP contribution >= 0.6 is 0 Å². The lowest BCUT2D eigenvalue weighted by Crippen LogP contribution is -2.03. The maximum atomic E-state index is 4.61. The highest BCUT2D eigenvalue weighted by Gasteiger charge is 2.03. The molecule has 0 aliphatic heterocycles. The Kier molecular flexibility index (Phi) is 3.40. The molecule has 0 fully saturated rings. The molecule has 16 heavy (non-hydrogen) atoms. The van der Waals surface area contributed by atoms with E-state index in [4.69, 9.17) is 0 Å². The van der Waals surface area contributed by atoms with E-state index in [-0.39, 0.29) is 0 Å². The van der Waals surface area contributed by atoms with Crippen LogP contribution in [0, 0.1) is 6.92 Å². The molecule has 0 saturated carbocycles. The number of hydrogen-bond acceptors (Lipinski definition) is 1. The molecule has 0 radical (unpaired) electrons. The van der Waals surface area contributed by atoms with E-state index in [1.54, 1.807) is 0 Å². The minimum Gasteiger partial charge on any atom is -0.265 e. The molecular formula is C14H18N2. The monoisotopic (exact) mass is 214 g/mol. The second-order valence-electron chi connectivity index (χ2n) is 4.17. The van der Waals surface area contributed by atoms with Crippen LogP contribution in [0.2, 0.25) is 0 Å². The van der Waals surface area contributed by atoms with Crippen LogP contribution in [0.15, 0.2) is 36.4 Å². The molecule has 0 spiro atoms. The van der Waals surface area contributed by atoms with Gasteiger partial charge < -0.3 is 0 Å². The number of nitrogens with zero attached hydrogens (tertiary/aromatic N) is 2. The first-order valence-electron chi connectivity index (χ1n) is 5.87. The fourth-order valence-electron chi connectivity index (χ4n) is 1.87. The molecule has 2 nitrogen and oxygen atoms in total. The van der Waals surface area contributed by atoms with Crippen molar-refractivity contribution in [3.05, 3.63) is 53.3 Å². The SMILES string of the molecule is CCCc1cc(C)n(Cc2ccccc2)n1. The second kappa shape index (κ2) is 4.97. The van der Waals surface area contributed by atoms with Crippen molar-refractivity contribution in [1.29, 1.82) is 0 Å². The molecule has 1 aromatic heterocycles. The van der Waals surface area contributed by atoms with Gasteiger partial charge >= 0.3 is 0 Å². The Balaban J connectivity index is 2.15. The topological polar surface area (TPSA) is 17.8 Å². The zero-order valence-corrected chi connectivity index (χ0v) is 9.98. The zero-order chi connectivity index (χ0) is 11.4. The van der Waals surface area contributed by atoms with Gasteiger partial charge in [-0.15, -0.1) is 0 Å². The molecule has 0 bridgehead atoms. The minimum absolute atomic E-state index is 0.871. The molecular weight excluding hydrogens is 196 g/mol. The third-order valence-corrected chi connectivity index (χ3v) is 2.71. The predicted molar refractivity (Wildman–Crippen MR) is 66.5 cm³/mol. The summed E-state index contributed by atoms with van der Waals surface area (Å²) < 4.78 is 2.08. The largest absolute Gasteiger partial charge is 0.265 e. The van der Waals surface area contributed by atoms with Crippen LogP contribution in [0.4, 0.5) is 0 Å². The van der Waals surface area contributed by atoms with Crippen molar-refractivity contribution in [1.82, 2.24) is 9.78 Å². The van der Waals surface area contributed by atoms with Crippen LogP contribution < -0.4 is 0 Å². The standard InChI is InChI=1S/C14H18N2/c1-3-7-14-10-12(2)16(15-14)11-13-8-5-4-6-9-13/h4-6,8-10H,3,7,11H2,1-2H3. The van der Waals surface area contributed by atoms with Gasteiger partial charge in [-0.1, -0.05) is 43.7 Å². The molecule has 0 saturated heterocycles. The molecule has 0 N–H and O–H groups in total. The van der Waals surface area contributed by atoms with Crippen LogP contribution in [-0.4, -0.2) is 9.78 Å². The summed E-state index contributed by atoms with van der Waals surface area (Å²) in [7, 11) is 0. The third-order valence-electron chi connectivity index (χ3n) is 2.71. The predicted octanol–water partition coefficient (Wildman–Crippen LogP) is 3.19. The van der Waals surface area contributed by atoms with Crippen molar-refractivity contribution in [3.63, 3.8) is 0 Å². The van der Waals surface area contributed by atoms with Crippen LogP contribution in [0.5, 0.6) is 0 Å². The quantitative estimate of drug-likeness (QED) is 0.764. The first kappa shape index (κ1) is 10.9. The van der Waals surface area contributed by atoms with Crippen LogP contribution in [-0.2, 0) is 13.0 Å². The zero-order valence-electron chi connectivity index (χ0n) is 9.98. The average molecular weight is 214 g/mol. The molecule has 0 aliphatic rings. The number of benzene rings is 1. The van der Waals surface area contributed by atoms with Gasteiger partial charge in [-0.05, 0) is 25.0 Å². The molecule has 1 aromatic carbocycles. The third kappa shape index (κ3) is 2.51. The molecule has 0 atom stereocenters. The van der Waals surface area contributed by atoms with Gasteiger partial charge in [-0.25, -0.2) is 0 Å². The lowest BCUT2D eigenvalue weighted by Gasteiger charge is -2.03. The number of aromatic nitrogens is 2. The summed E-state index contributed by atoms with van der Waals surface area (Å²) in [6.45, 7) is 5.18. The van der Waals surface area contributed by atoms with Gasteiger partial charge in [-0.2, -0.15) is 5.10 Å². The maximum absolute atomic E-state index is 4.61. The van der Waals surface area contributed by atoms with E-state index in [0.29, 0.717) is 0 Å². The Morgan fingerprint density at radius 2 is 1.94 bits per heavy atom. The van der Waals surface area contributed by atoms with Crippen molar-refractivity contribution in [2.24, 2.45) is 0 Å². The Labute approximate surface area is 96.9 Å². The van der Waals surface area contributed by atoms with E-state index in [9.17, 15) is 0 Å². The van der Waals surface area contributed by atoms with Crippen molar-refractivity contribution in [2.75, 3.05) is 0 Å². The molecule has 0 unspecified atom stereocenters. The van der Waals surface area contributed by atoms with Crippen molar-refractivity contribution in [3.8, 4) is 0 Å². The van der Waals surface area contributed by atoms with Gasteiger partial charge in [0.1, 0.15) is 0 Å². The first-order valence-corrected chi connectivity index (χ1v) is 5.87. The van der Waals surface area contributed by atoms with Gasteiger partial charge in [0.2, 0.25) is 0 Å². The molecule has 0 aliphatic carbocycles. The van der Waals surface area contributed by atoms with Crippen molar-refractivity contribution in [2.45, 2.75) is 33.2 Å². The van der Waals surface area contributed by atoms with Crippen molar-refractivity contribution >= 4 is 0 Å². The minimum atomic E-state index is 0.871. The summed E-state index contributed by atoms with van der Waals surface area (Å²) in [5, 5.41) is 4.61. The summed E-state index contributed by atoms with van der Waals surface area (Å²) in [4.78, 5) is 0.